The molecule has 2 aliphatic heterocycles. The molecular weight excluding hydrogens is 358 g/mol. The Bertz CT molecular complexity index is 931. The highest BCUT2D eigenvalue weighted by atomic mass is 16.4. The Hall–Kier alpha value is -2.64. The molecule has 7 heteroatoms. The normalized spacial score (nSPS) is 21.0. The minimum atomic E-state index is -0.410. The fraction of sp³-hybridized carbons (Fsp3) is 0.429. The molecule has 148 valence electrons. The number of hydrogen-bond donors (Lipinski definition) is 2. The summed E-state index contributed by atoms with van der Waals surface area (Å²) >= 11 is 0. The lowest BCUT2D eigenvalue weighted by atomic mass is 10.0. The number of fused-ring (bicyclic) bond motifs is 1. The highest BCUT2D eigenvalue weighted by molar-refractivity contribution is 5.96. The molecule has 2 aromatic rings. The molecule has 0 aliphatic carbocycles. The van der Waals surface area contributed by atoms with Crippen LogP contribution >= 0.6 is 0 Å². The molecule has 0 saturated carbocycles. The first kappa shape index (κ1) is 18.7. The maximum atomic E-state index is 12.7. The van der Waals surface area contributed by atoms with Gasteiger partial charge < -0.3 is 14.8 Å². The lowest BCUT2D eigenvalue weighted by Gasteiger charge is -2.38. The molecule has 4 rings (SSSR count). The van der Waals surface area contributed by atoms with Crippen LogP contribution in [0.25, 0.3) is 0 Å². The number of carbonyl (C=O) groups is 1. The van der Waals surface area contributed by atoms with E-state index in [1.54, 1.807) is 6.92 Å². The minimum Gasteiger partial charge on any atom is -0.502 e. The first-order chi connectivity index (χ1) is 13.5. The van der Waals surface area contributed by atoms with Crippen molar-refractivity contribution >= 4 is 11.6 Å². The summed E-state index contributed by atoms with van der Waals surface area (Å²) in [6, 6.07) is 9.12. The van der Waals surface area contributed by atoms with E-state index >= 15 is 0 Å². The molecule has 1 aromatic heterocycles. The zero-order chi connectivity index (χ0) is 19.7. The monoisotopic (exact) mass is 383 g/mol. The molecule has 1 amide bonds. The van der Waals surface area contributed by atoms with Crippen LogP contribution in [0, 0.1) is 6.92 Å². The van der Waals surface area contributed by atoms with Crippen LogP contribution in [0.3, 0.4) is 0 Å². The van der Waals surface area contributed by atoms with Gasteiger partial charge in [0.05, 0.1) is 12.6 Å². The second-order valence-electron chi connectivity index (χ2n) is 7.51. The number of anilines is 1. The first-order valence-corrected chi connectivity index (χ1v) is 9.69. The third-order valence-electron chi connectivity index (χ3n) is 5.60. The van der Waals surface area contributed by atoms with Crippen LogP contribution in [0.5, 0.6) is 5.75 Å². The number of nitrogens with zero attached hydrogens (tertiary/aromatic N) is 2. The number of rotatable bonds is 3. The van der Waals surface area contributed by atoms with Crippen LogP contribution in [0.1, 0.15) is 23.5 Å². The number of para-hydroxylation sites is 1. The second kappa shape index (κ2) is 7.77. The highest BCUT2D eigenvalue weighted by Crippen LogP contribution is 2.25. The van der Waals surface area contributed by atoms with Gasteiger partial charge in [0, 0.05) is 37.9 Å². The van der Waals surface area contributed by atoms with Crippen molar-refractivity contribution in [2.75, 3.05) is 31.5 Å². The average molecular weight is 383 g/mol. The SMILES string of the molecule is Cc1cc(=O)c(O)c(CN2CCN(C3CCc4ccccc4NC3=O)CC2)o1. The number of aromatic hydroxyl groups is 1. The van der Waals surface area contributed by atoms with Crippen molar-refractivity contribution in [1.82, 2.24) is 9.80 Å². The number of benzene rings is 1. The van der Waals surface area contributed by atoms with Gasteiger partial charge in [-0.2, -0.15) is 0 Å². The largest absolute Gasteiger partial charge is 0.502 e. The number of carbonyl (C=O) groups excluding carboxylic acids is 1. The molecular formula is C21H25N3O4. The van der Waals surface area contributed by atoms with Crippen molar-refractivity contribution in [2.24, 2.45) is 0 Å². The van der Waals surface area contributed by atoms with Crippen molar-refractivity contribution in [3.05, 3.63) is 57.6 Å². The predicted octanol–water partition coefficient (Wildman–Crippen LogP) is 1.72. The molecule has 2 N–H and O–H groups in total. The topological polar surface area (TPSA) is 86.0 Å². The van der Waals surface area contributed by atoms with Gasteiger partial charge in [-0.15, -0.1) is 0 Å². The van der Waals surface area contributed by atoms with Crippen molar-refractivity contribution in [3.8, 4) is 5.75 Å². The molecule has 0 bridgehead atoms. The molecule has 3 heterocycles. The van der Waals surface area contributed by atoms with Crippen molar-refractivity contribution in [2.45, 2.75) is 32.4 Å². The van der Waals surface area contributed by atoms with E-state index in [2.05, 4.69) is 21.2 Å². The number of aryl methyl sites for hydroxylation is 2. The maximum Gasteiger partial charge on any atom is 0.241 e. The standard InChI is InChI=1S/C21H25N3O4/c1-14-12-18(25)20(26)19(28-14)13-23-8-10-24(11-9-23)17-7-6-15-4-2-3-5-16(15)22-21(17)27/h2-5,12,17,26H,6-11,13H2,1H3,(H,22,27). The van der Waals surface area contributed by atoms with Gasteiger partial charge in [0.25, 0.3) is 0 Å². The summed E-state index contributed by atoms with van der Waals surface area (Å²) in [7, 11) is 0. The summed E-state index contributed by atoms with van der Waals surface area (Å²) in [5, 5.41) is 13.0. The predicted molar refractivity (Wildman–Crippen MR) is 105 cm³/mol. The van der Waals surface area contributed by atoms with E-state index in [1.165, 1.54) is 11.6 Å². The lowest BCUT2D eigenvalue weighted by Crippen LogP contribution is -2.53. The zero-order valence-electron chi connectivity index (χ0n) is 16.0. The third kappa shape index (κ3) is 3.81. The van der Waals surface area contributed by atoms with Crippen LogP contribution in [0.4, 0.5) is 5.69 Å². The van der Waals surface area contributed by atoms with E-state index in [-0.39, 0.29) is 17.7 Å². The van der Waals surface area contributed by atoms with E-state index in [0.29, 0.717) is 18.1 Å². The third-order valence-corrected chi connectivity index (χ3v) is 5.60. The van der Waals surface area contributed by atoms with E-state index < -0.39 is 5.43 Å². The number of amides is 1. The Balaban J connectivity index is 1.38. The molecule has 0 radical (unpaired) electrons. The highest BCUT2D eigenvalue weighted by Gasteiger charge is 2.31. The number of hydrogen-bond acceptors (Lipinski definition) is 6. The molecule has 0 spiro atoms. The van der Waals surface area contributed by atoms with Gasteiger partial charge >= 0.3 is 0 Å². The van der Waals surface area contributed by atoms with Gasteiger partial charge in [-0.25, -0.2) is 0 Å². The average Bonchev–Trinajstić information content (AvgIpc) is 2.84. The molecule has 7 nitrogen and oxygen atoms in total. The molecule has 1 fully saturated rings. The molecule has 1 saturated heterocycles. The first-order valence-electron chi connectivity index (χ1n) is 9.69. The number of piperazine rings is 1. The minimum absolute atomic E-state index is 0.0562. The summed E-state index contributed by atoms with van der Waals surface area (Å²) in [4.78, 5) is 28.8. The Kier molecular flexibility index (Phi) is 5.19. The Morgan fingerprint density at radius 1 is 1.18 bits per heavy atom. The van der Waals surface area contributed by atoms with Gasteiger partial charge in [-0.1, -0.05) is 18.2 Å². The molecule has 1 atom stereocenters. The van der Waals surface area contributed by atoms with Crippen molar-refractivity contribution in [3.63, 3.8) is 0 Å². The van der Waals surface area contributed by atoms with Crippen LogP contribution in [-0.2, 0) is 17.8 Å². The Morgan fingerprint density at radius 3 is 2.71 bits per heavy atom. The molecule has 28 heavy (non-hydrogen) atoms. The zero-order valence-corrected chi connectivity index (χ0v) is 16.0. The smallest absolute Gasteiger partial charge is 0.241 e. The fourth-order valence-corrected chi connectivity index (χ4v) is 4.05. The van der Waals surface area contributed by atoms with E-state index in [9.17, 15) is 14.7 Å². The summed E-state index contributed by atoms with van der Waals surface area (Å²) in [6.07, 6.45) is 1.68. The van der Waals surface area contributed by atoms with Crippen LogP contribution in [-0.4, -0.2) is 53.0 Å². The van der Waals surface area contributed by atoms with Crippen molar-refractivity contribution < 1.29 is 14.3 Å². The Labute approximate surface area is 163 Å². The van der Waals surface area contributed by atoms with Crippen LogP contribution in [0.15, 0.2) is 39.5 Å². The van der Waals surface area contributed by atoms with Crippen LogP contribution < -0.4 is 10.7 Å². The van der Waals surface area contributed by atoms with Gasteiger partial charge in [0.2, 0.25) is 17.1 Å². The van der Waals surface area contributed by atoms with Crippen LogP contribution in [0.2, 0.25) is 0 Å². The number of nitrogens with one attached hydrogen (secondary N) is 1. The van der Waals surface area contributed by atoms with Gasteiger partial charge in [0.1, 0.15) is 5.76 Å². The van der Waals surface area contributed by atoms with E-state index in [4.69, 9.17) is 4.42 Å². The lowest BCUT2D eigenvalue weighted by molar-refractivity contribution is -0.122. The quantitative estimate of drug-likeness (QED) is 0.840. The molecule has 2 aliphatic rings. The Morgan fingerprint density at radius 2 is 1.93 bits per heavy atom. The summed E-state index contributed by atoms with van der Waals surface area (Å²) in [5.41, 5.74) is 1.69. The summed E-state index contributed by atoms with van der Waals surface area (Å²) < 4.78 is 5.53. The molecule has 1 unspecified atom stereocenters. The maximum absolute atomic E-state index is 12.7. The molecule has 1 aromatic carbocycles. The van der Waals surface area contributed by atoms with E-state index in [0.717, 1.165) is 44.7 Å². The van der Waals surface area contributed by atoms with Gasteiger partial charge in [0.15, 0.2) is 5.76 Å². The van der Waals surface area contributed by atoms with E-state index in [1.807, 2.05) is 18.2 Å². The second-order valence-corrected chi connectivity index (χ2v) is 7.51. The van der Waals surface area contributed by atoms with Crippen molar-refractivity contribution in [1.29, 1.82) is 0 Å². The van der Waals surface area contributed by atoms with Gasteiger partial charge in [-0.05, 0) is 31.4 Å². The summed E-state index contributed by atoms with van der Waals surface area (Å²) in [5.74, 6) is 0.543. The van der Waals surface area contributed by atoms with Gasteiger partial charge in [-0.3, -0.25) is 19.4 Å². The summed E-state index contributed by atoms with van der Waals surface area (Å²) in [6.45, 7) is 5.09. The fourth-order valence-electron chi connectivity index (χ4n) is 4.05.